The zero-order valence-electron chi connectivity index (χ0n) is 11.4. The molecule has 1 aromatic heterocycles. The Balaban J connectivity index is 2.51. The second-order valence-electron chi connectivity index (χ2n) is 4.68. The lowest BCUT2D eigenvalue weighted by atomic mass is 10.1. The number of hydrogen-bond acceptors (Lipinski definition) is 7. The Labute approximate surface area is 121 Å². The lowest BCUT2D eigenvalue weighted by molar-refractivity contribution is -0.549. The first-order chi connectivity index (χ1) is 10.4. The number of aryl methyl sites for hydroxylation is 1. The fourth-order valence-corrected chi connectivity index (χ4v) is 2.27. The molecule has 1 N–H and O–H groups in total. The van der Waals surface area contributed by atoms with Gasteiger partial charge < -0.3 is 9.84 Å². The highest BCUT2D eigenvalue weighted by atomic mass is 16.7. The Morgan fingerprint density at radius 1 is 1.64 bits per heavy atom. The van der Waals surface area contributed by atoms with Crippen LogP contribution in [0.25, 0.3) is 10.4 Å². The first kappa shape index (κ1) is 15.7. The molecule has 2 rings (SSSR count). The number of aliphatic hydroxyl groups excluding tert-OH is 1. The molecule has 1 aromatic rings. The number of ether oxygens (including phenoxy) is 1. The zero-order valence-corrected chi connectivity index (χ0v) is 11.4. The molecule has 0 spiro atoms. The molecular weight excluding hydrogens is 300 g/mol. The van der Waals surface area contributed by atoms with Crippen LogP contribution in [-0.4, -0.2) is 38.1 Å². The van der Waals surface area contributed by atoms with Gasteiger partial charge in [0.1, 0.15) is 6.23 Å². The molecule has 12 nitrogen and oxygen atoms in total. The van der Waals surface area contributed by atoms with Gasteiger partial charge in [-0.3, -0.25) is 9.36 Å². The summed E-state index contributed by atoms with van der Waals surface area (Å²) in [5, 5.41) is 22.4. The third-order valence-corrected chi connectivity index (χ3v) is 3.32. The predicted octanol–water partition coefficient (Wildman–Crippen LogP) is -0.683. The molecular formula is C10H12N6O6. The molecule has 0 aliphatic carbocycles. The highest BCUT2D eigenvalue weighted by Crippen LogP contribution is 2.29. The largest absolute Gasteiger partial charge is 0.394 e. The van der Waals surface area contributed by atoms with Gasteiger partial charge in [-0.15, -0.1) is 0 Å². The molecule has 1 aliphatic heterocycles. The van der Waals surface area contributed by atoms with Crippen LogP contribution in [0.2, 0.25) is 0 Å². The first-order valence-electron chi connectivity index (χ1n) is 6.20. The summed E-state index contributed by atoms with van der Waals surface area (Å²) in [5.41, 5.74) is 6.24. The van der Waals surface area contributed by atoms with Crippen molar-refractivity contribution in [3.8, 4) is 0 Å². The molecule has 2 heterocycles. The highest BCUT2D eigenvalue weighted by molar-refractivity contribution is 5.03. The maximum Gasteiger partial charge on any atom is 0.394 e. The number of nitrogens with zero attached hydrogens (tertiary/aromatic N) is 6. The van der Waals surface area contributed by atoms with Crippen molar-refractivity contribution in [2.24, 2.45) is 5.11 Å². The summed E-state index contributed by atoms with van der Waals surface area (Å²) in [7, 11) is 0. The number of nitro groups is 1. The second kappa shape index (κ2) is 5.97. The monoisotopic (exact) mass is 312 g/mol. The van der Waals surface area contributed by atoms with Gasteiger partial charge in [-0.25, -0.2) is 14.9 Å². The summed E-state index contributed by atoms with van der Waals surface area (Å²) < 4.78 is 6.15. The summed E-state index contributed by atoms with van der Waals surface area (Å²) in [6.07, 6.45) is -0.623. The van der Waals surface area contributed by atoms with Gasteiger partial charge in [0, 0.05) is 27.8 Å². The maximum absolute atomic E-state index is 12.1. The maximum atomic E-state index is 12.1. The molecule has 1 fully saturated rings. The van der Waals surface area contributed by atoms with E-state index in [9.17, 15) is 24.8 Å². The van der Waals surface area contributed by atoms with E-state index in [0.717, 1.165) is 10.8 Å². The summed E-state index contributed by atoms with van der Waals surface area (Å²) in [4.78, 5) is 37.2. The Morgan fingerprint density at radius 3 is 2.86 bits per heavy atom. The van der Waals surface area contributed by atoms with Crippen LogP contribution in [0.3, 0.4) is 0 Å². The molecule has 0 amide bonds. The molecule has 0 bridgehead atoms. The van der Waals surface area contributed by atoms with Gasteiger partial charge in [0.2, 0.25) is 0 Å². The Morgan fingerprint density at radius 2 is 2.32 bits per heavy atom. The molecule has 1 saturated heterocycles. The van der Waals surface area contributed by atoms with E-state index in [-0.39, 0.29) is 16.7 Å². The minimum absolute atomic E-state index is 0.0207. The van der Waals surface area contributed by atoms with Crippen LogP contribution >= 0.6 is 0 Å². The van der Waals surface area contributed by atoms with Crippen molar-refractivity contribution in [1.82, 2.24) is 9.24 Å². The Bertz CT molecular complexity index is 762. The van der Waals surface area contributed by atoms with E-state index in [1.807, 2.05) is 0 Å². The minimum atomic E-state index is -1.18. The number of aliphatic hydroxyl groups is 1. The Hall–Kier alpha value is -2.69. The van der Waals surface area contributed by atoms with Gasteiger partial charge in [-0.05, 0) is 12.5 Å². The molecule has 0 radical (unpaired) electrons. The molecule has 118 valence electrons. The molecule has 0 saturated carbocycles. The normalized spacial score (nSPS) is 24.0. The predicted molar refractivity (Wildman–Crippen MR) is 70.6 cm³/mol. The zero-order chi connectivity index (χ0) is 16.4. The molecule has 1 aliphatic rings. The summed E-state index contributed by atoms with van der Waals surface area (Å²) in [6, 6.07) is -0.719. The van der Waals surface area contributed by atoms with Crippen molar-refractivity contribution in [3.05, 3.63) is 53.2 Å². The lowest BCUT2D eigenvalue weighted by Gasteiger charge is -2.15. The van der Waals surface area contributed by atoms with Crippen LogP contribution in [0.15, 0.2) is 20.9 Å². The summed E-state index contributed by atoms with van der Waals surface area (Å²) in [5.74, 6) is 0. The van der Waals surface area contributed by atoms with Crippen molar-refractivity contribution in [2.45, 2.75) is 31.7 Å². The number of azide groups is 1. The van der Waals surface area contributed by atoms with E-state index < -0.39 is 41.3 Å². The van der Waals surface area contributed by atoms with E-state index in [0.29, 0.717) is 0 Å². The lowest BCUT2D eigenvalue weighted by Crippen LogP contribution is -2.45. The number of rotatable bonds is 4. The van der Waals surface area contributed by atoms with Crippen molar-refractivity contribution in [2.75, 3.05) is 6.61 Å². The average Bonchev–Trinajstić information content (AvgIpc) is 2.86. The smallest absolute Gasteiger partial charge is 0.394 e. The van der Waals surface area contributed by atoms with Crippen LogP contribution in [0.4, 0.5) is 0 Å². The van der Waals surface area contributed by atoms with Crippen LogP contribution in [0.5, 0.6) is 0 Å². The first-order valence-corrected chi connectivity index (χ1v) is 6.20. The quantitative estimate of drug-likeness (QED) is 0.254. The molecule has 3 unspecified atom stereocenters. The van der Waals surface area contributed by atoms with Crippen LogP contribution in [-0.2, 0) is 4.74 Å². The van der Waals surface area contributed by atoms with Gasteiger partial charge >= 0.3 is 11.2 Å². The van der Waals surface area contributed by atoms with E-state index in [1.54, 1.807) is 0 Å². The third kappa shape index (κ3) is 2.57. The summed E-state index contributed by atoms with van der Waals surface area (Å²) >= 11 is 0. The van der Waals surface area contributed by atoms with Gasteiger partial charge in [0.25, 0.3) is 0 Å². The third-order valence-electron chi connectivity index (χ3n) is 3.32. The van der Waals surface area contributed by atoms with Gasteiger partial charge in [0.05, 0.1) is 18.8 Å². The van der Waals surface area contributed by atoms with Gasteiger partial charge in [-0.1, -0.05) is 5.11 Å². The molecule has 3 atom stereocenters. The van der Waals surface area contributed by atoms with Crippen LogP contribution < -0.4 is 11.2 Å². The van der Waals surface area contributed by atoms with Crippen LogP contribution in [0, 0.1) is 17.0 Å². The standard InChI is InChI=1S/C10H12N6O6/c1-5-3-14(10(19)15(9(5)18)16(20)21)8-2-6(12-13-11)7(4-17)22-8/h3,6-8,17H,2,4H2,1H3. The van der Waals surface area contributed by atoms with Crippen LogP contribution in [0.1, 0.15) is 18.2 Å². The second-order valence-corrected chi connectivity index (χ2v) is 4.68. The van der Waals surface area contributed by atoms with Crippen molar-refractivity contribution >= 4 is 0 Å². The average molecular weight is 312 g/mol. The molecule has 0 aromatic carbocycles. The van der Waals surface area contributed by atoms with Crippen molar-refractivity contribution in [3.63, 3.8) is 0 Å². The van der Waals surface area contributed by atoms with E-state index in [4.69, 9.17) is 10.3 Å². The molecule has 22 heavy (non-hydrogen) atoms. The summed E-state index contributed by atoms with van der Waals surface area (Å²) in [6.45, 7) is 0.879. The SMILES string of the molecule is Cc1cn(C2CC(N=[N+]=[N-])C(CO)O2)c(=O)n([N+](=O)[O-])c1=O. The van der Waals surface area contributed by atoms with E-state index in [1.165, 1.54) is 6.92 Å². The number of aromatic nitrogens is 2. The topological polar surface area (TPSA) is 165 Å². The van der Waals surface area contributed by atoms with Gasteiger partial charge in [-0.2, -0.15) is 0 Å². The van der Waals surface area contributed by atoms with Crippen molar-refractivity contribution < 1.29 is 14.9 Å². The van der Waals surface area contributed by atoms with Gasteiger partial charge in [0.15, 0.2) is 5.03 Å². The highest BCUT2D eigenvalue weighted by Gasteiger charge is 2.36. The minimum Gasteiger partial charge on any atom is -0.394 e. The molecule has 12 heteroatoms. The van der Waals surface area contributed by atoms with Crippen molar-refractivity contribution in [1.29, 1.82) is 0 Å². The van der Waals surface area contributed by atoms with E-state index >= 15 is 0 Å². The number of hydrogen-bond donors (Lipinski definition) is 1. The van der Waals surface area contributed by atoms with E-state index in [2.05, 4.69) is 10.0 Å². The Kier molecular flexibility index (Phi) is 4.26. The fraction of sp³-hybridized carbons (Fsp3) is 0.600. The fourth-order valence-electron chi connectivity index (χ4n) is 2.27.